The summed E-state index contributed by atoms with van der Waals surface area (Å²) in [7, 11) is -4.25. The van der Waals surface area contributed by atoms with Gasteiger partial charge in [0.2, 0.25) is 0 Å². The van der Waals surface area contributed by atoms with Crippen LogP contribution in [0.5, 0.6) is 0 Å². The molecule has 0 atom stereocenters. The summed E-state index contributed by atoms with van der Waals surface area (Å²) in [6.45, 7) is 0. The second-order valence-corrected chi connectivity index (χ2v) is 5.81. The summed E-state index contributed by atoms with van der Waals surface area (Å²) >= 11 is 6.27. The Morgan fingerprint density at radius 3 is 2.67 bits per heavy atom. The van der Waals surface area contributed by atoms with Gasteiger partial charge in [-0.2, -0.15) is 8.42 Å². The molecule has 15 heavy (non-hydrogen) atoms. The minimum atomic E-state index is -4.25. The highest BCUT2D eigenvalue weighted by atomic mass is 79.9. The number of hydrogen-bond donors (Lipinski definition) is 2. The monoisotopic (exact) mass is 354 g/mol. The van der Waals surface area contributed by atoms with Crippen LogP contribution in [0.3, 0.4) is 0 Å². The molecule has 80 valence electrons. The summed E-state index contributed by atoms with van der Waals surface area (Å²) in [6, 6.07) is 1.29. The van der Waals surface area contributed by atoms with Crippen molar-refractivity contribution in [2.24, 2.45) is 0 Å². The molecular weight excluding hydrogens is 352 g/mol. The van der Waals surface area contributed by atoms with Crippen LogP contribution in [-0.2, 0) is 10.1 Å². The van der Waals surface area contributed by atoms with Crippen molar-refractivity contribution in [3.8, 4) is 0 Å². The first-order chi connectivity index (χ1) is 6.91. The third-order valence-electron chi connectivity index (χ3n) is 1.84. The number of benzene rings is 1. The van der Waals surface area contributed by atoms with E-state index < -0.39 is 10.1 Å². The number of hydrogen-bond acceptors (Lipinski definition) is 3. The number of fused-ring (bicyclic) bond motifs is 1. The van der Waals surface area contributed by atoms with Crippen molar-refractivity contribution < 1.29 is 13.0 Å². The number of nitrogens with zero attached hydrogens (tertiary/aromatic N) is 1. The molecule has 0 aliphatic carbocycles. The molecule has 0 fully saturated rings. The molecule has 1 heterocycles. The number of rotatable bonds is 1. The largest absolute Gasteiger partial charge is 0.344 e. The molecule has 2 aromatic rings. The molecule has 0 saturated carbocycles. The lowest BCUT2D eigenvalue weighted by molar-refractivity contribution is 0.482. The lowest BCUT2D eigenvalue weighted by atomic mass is 10.3. The van der Waals surface area contributed by atoms with E-state index in [1.165, 1.54) is 12.4 Å². The van der Waals surface area contributed by atoms with E-state index in [4.69, 9.17) is 4.55 Å². The minimum absolute atomic E-state index is 0.203. The number of aromatic nitrogens is 2. The third-order valence-corrected chi connectivity index (χ3v) is 4.41. The molecule has 0 aliphatic rings. The van der Waals surface area contributed by atoms with Gasteiger partial charge in [0.15, 0.2) is 0 Å². The van der Waals surface area contributed by atoms with Crippen LogP contribution in [0.25, 0.3) is 11.0 Å². The fraction of sp³-hybridized carbons (Fsp3) is 0. The number of nitrogens with one attached hydrogen (secondary N) is 1. The van der Waals surface area contributed by atoms with Gasteiger partial charge in [0.1, 0.15) is 10.4 Å². The lowest BCUT2D eigenvalue weighted by Gasteiger charge is -2.03. The molecule has 1 aromatic carbocycles. The molecule has 0 bridgehead atoms. The van der Waals surface area contributed by atoms with E-state index in [2.05, 4.69) is 41.8 Å². The average Bonchev–Trinajstić information content (AvgIpc) is 2.58. The molecule has 0 spiro atoms. The van der Waals surface area contributed by atoms with E-state index in [0.29, 0.717) is 15.5 Å². The van der Waals surface area contributed by atoms with E-state index in [-0.39, 0.29) is 9.37 Å². The maximum atomic E-state index is 11.0. The van der Waals surface area contributed by atoms with Gasteiger partial charge in [0.05, 0.1) is 16.3 Å². The van der Waals surface area contributed by atoms with Gasteiger partial charge in [-0.25, -0.2) is 4.98 Å². The van der Waals surface area contributed by atoms with E-state index in [0.717, 1.165) is 0 Å². The molecule has 8 heteroatoms. The Morgan fingerprint density at radius 1 is 1.40 bits per heavy atom. The highest BCUT2D eigenvalue weighted by molar-refractivity contribution is 9.11. The van der Waals surface area contributed by atoms with E-state index in [1.54, 1.807) is 0 Å². The summed E-state index contributed by atoms with van der Waals surface area (Å²) in [5.74, 6) is 0. The van der Waals surface area contributed by atoms with Crippen LogP contribution in [0.1, 0.15) is 0 Å². The zero-order valence-corrected chi connectivity index (χ0v) is 11.0. The predicted molar refractivity (Wildman–Crippen MR) is 61.3 cm³/mol. The Morgan fingerprint density at radius 2 is 2.07 bits per heavy atom. The smallest absolute Gasteiger partial charge is 0.295 e. The van der Waals surface area contributed by atoms with Crippen LogP contribution in [0.2, 0.25) is 0 Å². The lowest BCUT2D eigenvalue weighted by Crippen LogP contribution is -1.99. The van der Waals surface area contributed by atoms with Gasteiger partial charge in [0.25, 0.3) is 10.1 Å². The Hall–Kier alpha value is -0.440. The van der Waals surface area contributed by atoms with Crippen molar-refractivity contribution in [2.45, 2.75) is 4.90 Å². The van der Waals surface area contributed by atoms with Crippen molar-refractivity contribution >= 4 is 53.0 Å². The fourth-order valence-electron chi connectivity index (χ4n) is 1.20. The molecule has 0 radical (unpaired) electrons. The van der Waals surface area contributed by atoms with Crippen molar-refractivity contribution in [3.05, 3.63) is 21.3 Å². The topological polar surface area (TPSA) is 83.1 Å². The van der Waals surface area contributed by atoms with Crippen molar-refractivity contribution in [3.63, 3.8) is 0 Å². The summed E-state index contributed by atoms with van der Waals surface area (Å²) in [6.07, 6.45) is 1.44. The highest BCUT2D eigenvalue weighted by Gasteiger charge is 2.19. The fourth-order valence-corrected chi connectivity index (χ4v) is 3.51. The Kier molecular flexibility index (Phi) is 2.61. The molecule has 1 aromatic heterocycles. The van der Waals surface area contributed by atoms with E-state index >= 15 is 0 Å². The first-order valence-corrected chi connectivity index (χ1v) is 6.72. The van der Waals surface area contributed by atoms with E-state index in [9.17, 15) is 8.42 Å². The quantitative estimate of drug-likeness (QED) is 0.769. The van der Waals surface area contributed by atoms with Crippen LogP contribution >= 0.6 is 31.9 Å². The number of imidazole rings is 1. The van der Waals surface area contributed by atoms with Gasteiger partial charge >= 0.3 is 0 Å². The zero-order chi connectivity index (χ0) is 11.2. The average molecular weight is 356 g/mol. The molecule has 2 rings (SSSR count). The molecule has 0 amide bonds. The number of H-pyrrole nitrogens is 1. The SMILES string of the molecule is O=S(=O)(O)c1cc(Br)c2nc[nH]c2c1Br. The van der Waals surface area contributed by atoms with Gasteiger partial charge < -0.3 is 4.98 Å². The summed E-state index contributed by atoms with van der Waals surface area (Å²) in [5, 5.41) is 0. The molecule has 5 nitrogen and oxygen atoms in total. The molecule has 0 saturated heterocycles. The maximum Gasteiger partial charge on any atom is 0.295 e. The van der Waals surface area contributed by atoms with Crippen LogP contribution in [-0.4, -0.2) is 22.9 Å². The number of aromatic amines is 1. The van der Waals surface area contributed by atoms with E-state index in [1.807, 2.05) is 0 Å². The minimum Gasteiger partial charge on any atom is -0.344 e. The zero-order valence-electron chi connectivity index (χ0n) is 7.03. The van der Waals surface area contributed by atoms with Gasteiger partial charge in [-0.3, -0.25) is 4.55 Å². The number of halogens is 2. The summed E-state index contributed by atoms with van der Waals surface area (Å²) in [4.78, 5) is 6.57. The van der Waals surface area contributed by atoms with Crippen LogP contribution < -0.4 is 0 Å². The molecule has 0 aliphatic heterocycles. The Labute approximate surface area is 102 Å². The highest BCUT2D eigenvalue weighted by Crippen LogP contribution is 2.33. The first kappa shape index (κ1) is 11.1. The second kappa shape index (κ2) is 3.55. The standard InChI is InChI=1S/C7H4Br2N2O3S/c8-3-1-4(15(12,13)14)5(9)7-6(3)10-2-11-7/h1-2H,(H,10,11)(H,12,13,14). The maximum absolute atomic E-state index is 11.0. The summed E-state index contributed by atoms with van der Waals surface area (Å²) < 4.78 is 31.8. The Bertz CT molecular complexity index is 635. The predicted octanol–water partition coefficient (Wildman–Crippen LogP) is 2.33. The van der Waals surface area contributed by atoms with Crippen LogP contribution in [0, 0.1) is 0 Å². The molecular formula is C7H4Br2N2O3S. The summed E-state index contributed by atoms with van der Waals surface area (Å²) in [5.41, 5.74) is 1.10. The van der Waals surface area contributed by atoms with Crippen molar-refractivity contribution in [2.75, 3.05) is 0 Å². The molecule has 0 unspecified atom stereocenters. The van der Waals surface area contributed by atoms with Gasteiger partial charge in [0, 0.05) is 4.47 Å². The van der Waals surface area contributed by atoms with Crippen molar-refractivity contribution in [1.82, 2.24) is 9.97 Å². The second-order valence-electron chi connectivity index (χ2n) is 2.77. The van der Waals surface area contributed by atoms with Gasteiger partial charge in [-0.1, -0.05) is 0 Å². The van der Waals surface area contributed by atoms with Crippen molar-refractivity contribution in [1.29, 1.82) is 0 Å². The van der Waals surface area contributed by atoms with Gasteiger partial charge in [-0.15, -0.1) is 0 Å². The molecule has 2 N–H and O–H groups in total. The first-order valence-electron chi connectivity index (χ1n) is 3.70. The normalized spacial score (nSPS) is 12.2. The Balaban J connectivity index is 2.95. The van der Waals surface area contributed by atoms with Gasteiger partial charge in [-0.05, 0) is 37.9 Å². The van der Waals surface area contributed by atoms with Crippen LogP contribution in [0.15, 0.2) is 26.2 Å². The third kappa shape index (κ3) is 1.82. The van der Waals surface area contributed by atoms with Crippen LogP contribution in [0.4, 0.5) is 0 Å².